The van der Waals surface area contributed by atoms with Crippen molar-refractivity contribution in [1.82, 2.24) is 19.5 Å². The molecular weight excluding hydrogens is 597 g/mol. The van der Waals surface area contributed by atoms with Gasteiger partial charge in [-0.05, 0) is 52.6 Å². The van der Waals surface area contributed by atoms with Crippen LogP contribution in [0.3, 0.4) is 0 Å². The van der Waals surface area contributed by atoms with Gasteiger partial charge in [-0.2, -0.15) is 0 Å². The lowest BCUT2D eigenvalue weighted by atomic mass is 9.93. The summed E-state index contributed by atoms with van der Waals surface area (Å²) in [5.74, 6) is 1.94. The smallest absolute Gasteiger partial charge is 0.164 e. The number of hydrogen-bond acceptors (Lipinski definition) is 3. The van der Waals surface area contributed by atoms with Crippen molar-refractivity contribution in [2.45, 2.75) is 0 Å². The molecule has 0 amide bonds. The Morgan fingerprint density at radius 3 is 1.29 bits per heavy atom. The molecule has 4 nitrogen and oxygen atoms in total. The van der Waals surface area contributed by atoms with E-state index >= 15 is 0 Å². The quantitative estimate of drug-likeness (QED) is 0.184. The zero-order chi connectivity index (χ0) is 32.6. The molecule has 2 heterocycles. The predicted octanol–water partition coefficient (Wildman–Crippen LogP) is 11.3. The van der Waals surface area contributed by atoms with Crippen LogP contribution < -0.4 is 0 Å². The molecule has 4 heteroatoms. The molecule has 0 fully saturated rings. The number of benzene rings is 7. The van der Waals surface area contributed by atoms with Crippen molar-refractivity contribution in [3.05, 3.63) is 182 Å². The van der Waals surface area contributed by atoms with Gasteiger partial charge in [0.1, 0.15) is 0 Å². The summed E-state index contributed by atoms with van der Waals surface area (Å²) in [6, 6.07) is 63.4. The Kier molecular flexibility index (Phi) is 7.10. The van der Waals surface area contributed by atoms with E-state index in [0.717, 1.165) is 44.6 Å². The first-order chi connectivity index (χ1) is 24.3. The minimum atomic E-state index is 0.639. The minimum Gasteiger partial charge on any atom is -0.309 e. The molecule has 49 heavy (non-hydrogen) atoms. The van der Waals surface area contributed by atoms with E-state index in [0.29, 0.717) is 17.5 Å². The van der Waals surface area contributed by atoms with Crippen molar-refractivity contribution in [3.63, 3.8) is 0 Å². The van der Waals surface area contributed by atoms with Gasteiger partial charge in [0.2, 0.25) is 0 Å². The minimum absolute atomic E-state index is 0.639. The van der Waals surface area contributed by atoms with E-state index in [1.54, 1.807) is 0 Å². The third kappa shape index (κ3) is 5.26. The first-order valence-electron chi connectivity index (χ1n) is 16.5. The summed E-state index contributed by atoms with van der Waals surface area (Å²) >= 11 is 0. The molecule has 9 aromatic rings. The lowest BCUT2D eigenvalue weighted by Gasteiger charge is -2.14. The molecule has 0 atom stereocenters. The molecule has 0 unspecified atom stereocenters. The monoisotopic (exact) mass is 626 g/mol. The van der Waals surface area contributed by atoms with Crippen LogP contribution in [0.25, 0.3) is 83.9 Å². The molecule has 7 aromatic carbocycles. The highest BCUT2D eigenvalue weighted by Gasteiger charge is 2.16. The molecule has 0 bridgehead atoms. The number of hydrogen-bond donors (Lipinski definition) is 0. The van der Waals surface area contributed by atoms with Gasteiger partial charge in [-0.15, -0.1) is 0 Å². The summed E-state index contributed by atoms with van der Waals surface area (Å²) in [4.78, 5) is 14.8. The third-order valence-corrected chi connectivity index (χ3v) is 9.05. The number of fused-ring (bicyclic) bond motifs is 3. The second-order valence-electron chi connectivity index (χ2n) is 12.1. The van der Waals surface area contributed by atoms with Crippen molar-refractivity contribution < 1.29 is 0 Å². The predicted molar refractivity (Wildman–Crippen MR) is 201 cm³/mol. The summed E-state index contributed by atoms with van der Waals surface area (Å²) in [6.07, 6.45) is 0. The van der Waals surface area contributed by atoms with E-state index in [9.17, 15) is 0 Å². The molecule has 0 aliphatic rings. The van der Waals surface area contributed by atoms with Gasteiger partial charge in [-0.3, -0.25) is 0 Å². The Balaban J connectivity index is 1.16. The SMILES string of the molecule is c1ccc(-c2nc(-c3ccccc3)nc(-c3cccc(-c4ccccc4-c4cccc(-n5c6ccccc6c6ccccc65)c4)c3)n2)cc1. The van der Waals surface area contributed by atoms with Crippen LogP contribution >= 0.6 is 0 Å². The van der Waals surface area contributed by atoms with Crippen molar-refractivity contribution in [2.75, 3.05) is 0 Å². The van der Waals surface area contributed by atoms with Gasteiger partial charge in [0, 0.05) is 33.2 Å². The largest absolute Gasteiger partial charge is 0.309 e. The number of rotatable bonds is 6. The molecule has 0 aliphatic carbocycles. The maximum atomic E-state index is 4.98. The van der Waals surface area contributed by atoms with Gasteiger partial charge >= 0.3 is 0 Å². The Morgan fingerprint density at radius 1 is 0.306 bits per heavy atom. The summed E-state index contributed by atoms with van der Waals surface area (Å²) < 4.78 is 2.37. The van der Waals surface area contributed by atoms with Crippen LogP contribution in [-0.4, -0.2) is 19.5 Å². The third-order valence-electron chi connectivity index (χ3n) is 9.05. The molecule has 0 aliphatic heterocycles. The summed E-state index contributed by atoms with van der Waals surface area (Å²) in [5, 5.41) is 2.51. The van der Waals surface area contributed by atoms with Gasteiger partial charge in [-0.1, -0.05) is 152 Å². The molecule has 0 radical (unpaired) electrons. The molecule has 0 N–H and O–H groups in total. The van der Waals surface area contributed by atoms with Crippen LogP contribution in [0.5, 0.6) is 0 Å². The standard InChI is InChI=1S/C45H30N4/c1-3-15-31(16-4-1)43-46-44(32-17-5-2-6-18-32)48-45(47-43)35-21-13-19-33(29-35)37-23-7-8-24-38(37)34-20-14-22-36(30-34)49-41-27-11-9-25-39(41)40-26-10-12-28-42(40)49/h1-30H. The number of aromatic nitrogens is 4. The zero-order valence-corrected chi connectivity index (χ0v) is 26.6. The van der Waals surface area contributed by atoms with Crippen LogP contribution in [0.2, 0.25) is 0 Å². The van der Waals surface area contributed by atoms with E-state index < -0.39 is 0 Å². The highest BCUT2D eigenvalue weighted by atomic mass is 15.0. The lowest BCUT2D eigenvalue weighted by molar-refractivity contribution is 1.07. The fraction of sp³-hybridized carbons (Fsp3) is 0. The fourth-order valence-corrected chi connectivity index (χ4v) is 6.76. The normalized spacial score (nSPS) is 11.3. The number of para-hydroxylation sites is 2. The number of nitrogens with zero attached hydrogens (tertiary/aromatic N) is 4. The average Bonchev–Trinajstić information content (AvgIpc) is 3.53. The zero-order valence-electron chi connectivity index (χ0n) is 26.6. The van der Waals surface area contributed by atoms with Crippen LogP contribution in [0.1, 0.15) is 0 Å². The Labute approximate surface area is 284 Å². The van der Waals surface area contributed by atoms with Crippen LogP contribution in [-0.2, 0) is 0 Å². The Hall–Kier alpha value is -6.65. The van der Waals surface area contributed by atoms with E-state index in [1.165, 1.54) is 21.8 Å². The Bertz CT molecular complexity index is 2490. The second-order valence-corrected chi connectivity index (χ2v) is 12.1. The van der Waals surface area contributed by atoms with Gasteiger partial charge in [0.05, 0.1) is 11.0 Å². The molecule has 0 saturated heterocycles. The average molecular weight is 627 g/mol. The van der Waals surface area contributed by atoms with E-state index in [1.807, 2.05) is 60.7 Å². The lowest BCUT2D eigenvalue weighted by Crippen LogP contribution is -2.00. The van der Waals surface area contributed by atoms with E-state index in [2.05, 4.69) is 126 Å². The van der Waals surface area contributed by atoms with Crippen LogP contribution in [0.4, 0.5) is 0 Å². The molecule has 9 rings (SSSR count). The maximum Gasteiger partial charge on any atom is 0.164 e. The fourth-order valence-electron chi connectivity index (χ4n) is 6.76. The van der Waals surface area contributed by atoms with Crippen molar-refractivity contribution in [1.29, 1.82) is 0 Å². The summed E-state index contributed by atoms with van der Waals surface area (Å²) in [6.45, 7) is 0. The summed E-state index contributed by atoms with van der Waals surface area (Å²) in [7, 11) is 0. The Morgan fingerprint density at radius 2 is 0.714 bits per heavy atom. The first kappa shape index (κ1) is 28.6. The van der Waals surface area contributed by atoms with Crippen molar-refractivity contribution in [2.24, 2.45) is 0 Å². The van der Waals surface area contributed by atoms with E-state index in [4.69, 9.17) is 15.0 Å². The molecular formula is C45H30N4. The molecule has 0 spiro atoms. The molecule has 0 saturated carbocycles. The summed E-state index contributed by atoms with van der Waals surface area (Å²) in [5.41, 5.74) is 10.9. The van der Waals surface area contributed by atoms with Gasteiger partial charge in [0.15, 0.2) is 17.5 Å². The van der Waals surface area contributed by atoms with Crippen molar-refractivity contribution >= 4 is 21.8 Å². The maximum absolute atomic E-state index is 4.98. The van der Waals surface area contributed by atoms with Gasteiger partial charge in [0.25, 0.3) is 0 Å². The second kappa shape index (κ2) is 12.2. The van der Waals surface area contributed by atoms with E-state index in [-0.39, 0.29) is 0 Å². The molecule has 230 valence electrons. The van der Waals surface area contributed by atoms with Gasteiger partial charge < -0.3 is 4.57 Å². The first-order valence-corrected chi connectivity index (χ1v) is 16.5. The topological polar surface area (TPSA) is 43.6 Å². The van der Waals surface area contributed by atoms with Crippen LogP contribution in [0.15, 0.2) is 182 Å². The van der Waals surface area contributed by atoms with Crippen molar-refractivity contribution in [3.8, 4) is 62.1 Å². The highest BCUT2D eigenvalue weighted by Crippen LogP contribution is 2.37. The van der Waals surface area contributed by atoms with Gasteiger partial charge in [-0.25, -0.2) is 15.0 Å². The van der Waals surface area contributed by atoms with Crippen LogP contribution in [0, 0.1) is 0 Å². The molecule has 2 aromatic heterocycles. The highest BCUT2D eigenvalue weighted by molar-refractivity contribution is 6.09.